The molecule has 0 saturated heterocycles. The Bertz CT molecular complexity index is 314. The van der Waals surface area contributed by atoms with Crippen LogP contribution in [-0.2, 0) is 4.74 Å². The summed E-state index contributed by atoms with van der Waals surface area (Å²) >= 11 is 0. The number of carboxylic acid groups (broad SMARTS) is 1. The second-order valence-electron chi connectivity index (χ2n) is 6.07. The van der Waals surface area contributed by atoms with E-state index in [4.69, 9.17) is 9.84 Å². The van der Waals surface area contributed by atoms with Gasteiger partial charge in [-0.3, -0.25) is 0 Å². The van der Waals surface area contributed by atoms with Gasteiger partial charge in [-0.15, -0.1) is 0 Å². The molecule has 0 aromatic carbocycles. The third-order valence-corrected chi connectivity index (χ3v) is 4.08. The monoisotopic (exact) mass is 240 g/mol. The van der Waals surface area contributed by atoms with E-state index in [1.807, 2.05) is 0 Å². The van der Waals surface area contributed by atoms with Crippen LogP contribution in [0.4, 0.5) is 4.79 Å². The fourth-order valence-electron chi connectivity index (χ4n) is 3.09. The largest absolute Gasteiger partial charge is 0.506 e. The van der Waals surface area contributed by atoms with Crippen molar-refractivity contribution in [2.45, 2.75) is 59.0 Å². The number of ether oxygens (including phenoxy) is 1. The molecule has 98 valence electrons. The van der Waals surface area contributed by atoms with E-state index in [1.165, 1.54) is 5.57 Å². The van der Waals surface area contributed by atoms with Gasteiger partial charge in [0, 0.05) is 11.3 Å². The highest BCUT2D eigenvalue weighted by Crippen LogP contribution is 2.50. The zero-order valence-electron chi connectivity index (χ0n) is 11.4. The van der Waals surface area contributed by atoms with E-state index in [0.29, 0.717) is 0 Å². The van der Waals surface area contributed by atoms with Gasteiger partial charge in [-0.05, 0) is 25.7 Å². The van der Waals surface area contributed by atoms with Crippen LogP contribution in [0.3, 0.4) is 0 Å². The molecule has 2 atom stereocenters. The second kappa shape index (κ2) is 4.71. The molecule has 0 radical (unpaired) electrons. The van der Waals surface area contributed by atoms with Crippen LogP contribution in [0, 0.1) is 11.3 Å². The van der Waals surface area contributed by atoms with Gasteiger partial charge in [-0.2, -0.15) is 0 Å². The van der Waals surface area contributed by atoms with Crippen LogP contribution in [0.2, 0.25) is 0 Å². The highest BCUT2D eigenvalue weighted by Gasteiger charge is 2.52. The lowest BCUT2D eigenvalue weighted by Crippen LogP contribution is -2.54. The van der Waals surface area contributed by atoms with Gasteiger partial charge in [0.05, 0.1) is 0 Å². The van der Waals surface area contributed by atoms with Gasteiger partial charge in [-0.1, -0.05) is 39.8 Å². The summed E-state index contributed by atoms with van der Waals surface area (Å²) in [5, 5.41) is 9.03. The van der Waals surface area contributed by atoms with Crippen molar-refractivity contribution < 1.29 is 14.6 Å². The maximum Gasteiger partial charge on any atom is 0.506 e. The van der Waals surface area contributed by atoms with E-state index in [2.05, 4.69) is 34.3 Å². The summed E-state index contributed by atoms with van der Waals surface area (Å²) in [5.41, 5.74) is 0.451. The standard InChI is InChI=1S/C14H24O3/c1-6-11-9-10(2)7-8-14(11,13(3,4)5)17-12(15)16/h11H,2,6-9H2,1,3-5H3,(H,15,16). The molecule has 0 aromatic heterocycles. The van der Waals surface area contributed by atoms with Gasteiger partial charge in [0.15, 0.2) is 0 Å². The van der Waals surface area contributed by atoms with Gasteiger partial charge in [-0.25, -0.2) is 4.79 Å². The highest BCUT2D eigenvalue weighted by molar-refractivity contribution is 5.58. The highest BCUT2D eigenvalue weighted by atomic mass is 16.7. The van der Waals surface area contributed by atoms with Crippen LogP contribution in [0.1, 0.15) is 53.4 Å². The van der Waals surface area contributed by atoms with Gasteiger partial charge in [0.1, 0.15) is 5.60 Å². The lowest BCUT2D eigenvalue weighted by molar-refractivity contribution is -0.137. The normalized spacial score (nSPS) is 30.1. The summed E-state index contributed by atoms with van der Waals surface area (Å²) in [6.07, 6.45) is 2.25. The molecule has 1 saturated carbocycles. The molecule has 1 rings (SSSR count). The van der Waals surface area contributed by atoms with Crippen molar-refractivity contribution in [2.24, 2.45) is 11.3 Å². The maximum atomic E-state index is 11.0. The average molecular weight is 240 g/mol. The van der Waals surface area contributed by atoms with Crippen LogP contribution in [-0.4, -0.2) is 16.9 Å². The maximum absolute atomic E-state index is 11.0. The molecular weight excluding hydrogens is 216 g/mol. The van der Waals surface area contributed by atoms with E-state index in [-0.39, 0.29) is 11.3 Å². The minimum absolute atomic E-state index is 0.188. The first-order valence-electron chi connectivity index (χ1n) is 6.31. The molecule has 0 spiro atoms. The first-order chi connectivity index (χ1) is 7.73. The van der Waals surface area contributed by atoms with Crippen LogP contribution in [0.25, 0.3) is 0 Å². The molecule has 0 aromatic rings. The summed E-state index contributed by atoms with van der Waals surface area (Å²) in [6, 6.07) is 0. The van der Waals surface area contributed by atoms with E-state index >= 15 is 0 Å². The predicted octanol–water partition coefficient (Wildman–Crippen LogP) is 4.23. The fraction of sp³-hybridized carbons (Fsp3) is 0.786. The molecule has 2 unspecified atom stereocenters. The zero-order chi connectivity index (χ0) is 13.3. The zero-order valence-corrected chi connectivity index (χ0v) is 11.4. The van der Waals surface area contributed by atoms with Crippen molar-refractivity contribution in [1.29, 1.82) is 0 Å². The van der Waals surface area contributed by atoms with Crippen LogP contribution in [0.15, 0.2) is 12.2 Å². The first-order valence-corrected chi connectivity index (χ1v) is 6.31. The predicted molar refractivity (Wildman–Crippen MR) is 68.1 cm³/mol. The average Bonchev–Trinajstić information content (AvgIpc) is 2.18. The Morgan fingerprint density at radius 3 is 2.59 bits per heavy atom. The Kier molecular flexibility index (Phi) is 3.90. The first kappa shape index (κ1) is 14.1. The molecule has 1 N–H and O–H groups in total. The Morgan fingerprint density at radius 2 is 2.18 bits per heavy atom. The van der Waals surface area contributed by atoms with E-state index in [0.717, 1.165) is 25.7 Å². The third-order valence-electron chi connectivity index (χ3n) is 4.08. The molecule has 0 amide bonds. The Balaban J connectivity index is 3.11. The molecule has 1 aliphatic rings. The second-order valence-corrected chi connectivity index (χ2v) is 6.07. The lowest BCUT2D eigenvalue weighted by Gasteiger charge is -2.51. The minimum atomic E-state index is -1.16. The lowest BCUT2D eigenvalue weighted by atomic mass is 9.61. The van der Waals surface area contributed by atoms with E-state index < -0.39 is 11.8 Å². The van der Waals surface area contributed by atoms with Crippen molar-refractivity contribution in [3.63, 3.8) is 0 Å². The molecule has 0 aliphatic heterocycles. The van der Waals surface area contributed by atoms with Crippen molar-refractivity contribution in [1.82, 2.24) is 0 Å². The van der Waals surface area contributed by atoms with Crippen molar-refractivity contribution in [3.05, 3.63) is 12.2 Å². The van der Waals surface area contributed by atoms with Crippen LogP contribution >= 0.6 is 0 Å². The van der Waals surface area contributed by atoms with Gasteiger partial charge in [0.25, 0.3) is 0 Å². The van der Waals surface area contributed by atoms with Gasteiger partial charge in [0.2, 0.25) is 0 Å². The van der Waals surface area contributed by atoms with Crippen molar-refractivity contribution >= 4 is 6.16 Å². The Hall–Kier alpha value is -0.990. The minimum Gasteiger partial charge on any atom is -0.450 e. The van der Waals surface area contributed by atoms with Gasteiger partial charge >= 0.3 is 6.16 Å². The number of hydrogen-bond donors (Lipinski definition) is 1. The Labute approximate surface area is 104 Å². The third kappa shape index (κ3) is 2.64. The fourth-order valence-corrected chi connectivity index (χ4v) is 3.09. The summed E-state index contributed by atoms with van der Waals surface area (Å²) in [7, 11) is 0. The quantitative estimate of drug-likeness (QED) is 0.580. The number of allylic oxidation sites excluding steroid dienone is 1. The topological polar surface area (TPSA) is 46.5 Å². The number of carbonyl (C=O) groups is 1. The SMILES string of the molecule is C=C1CCC(OC(=O)O)(C(C)(C)C)C(CC)C1. The molecule has 3 heteroatoms. The van der Waals surface area contributed by atoms with E-state index in [9.17, 15) is 4.79 Å². The molecule has 1 fully saturated rings. The molecule has 17 heavy (non-hydrogen) atoms. The van der Waals surface area contributed by atoms with Crippen molar-refractivity contribution in [2.75, 3.05) is 0 Å². The molecule has 3 nitrogen and oxygen atoms in total. The van der Waals surface area contributed by atoms with Crippen molar-refractivity contribution in [3.8, 4) is 0 Å². The van der Waals surface area contributed by atoms with E-state index in [1.54, 1.807) is 0 Å². The number of rotatable bonds is 2. The smallest absolute Gasteiger partial charge is 0.450 e. The van der Waals surface area contributed by atoms with Crippen LogP contribution < -0.4 is 0 Å². The number of hydrogen-bond acceptors (Lipinski definition) is 2. The van der Waals surface area contributed by atoms with Gasteiger partial charge < -0.3 is 9.84 Å². The molecule has 0 heterocycles. The molecular formula is C14H24O3. The Morgan fingerprint density at radius 1 is 1.59 bits per heavy atom. The van der Waals surface area contributed by atoms with Crippen LogP contribution in [0.5, 0.6) is 0 Å². The summed E-state index contributed by atoms with van der Waals surface area (Å²) in [4.78, 5) is 11.0. The summed E-state index contributed by atoms with van der Waals surface area (Å²) in [5.74, 6) is 0.236. The molecule has 0 bridgehead atoms. The summed E-state index contributed by atoms with van der Waals surface area (Å²) in [6.45, 7) is 12.3. The summed E-state index contributed by atoms with van der Waals surface area (Å²) < 4.78 is 5.37. The molecule has 1 aliphatic carbocycles.